The van der Waals surface area contributed by atoms with E-state index < -0.39 is 0 Å². The van der Waals surface area contributed by atoms with E-state index in [1.807, 2.05) is 37.2 Å². The lowest BCUT2D eigenvalue weighted by molar-refractivity contribution is 0.423. The third kappa shape index (κ3) is 4.56. The Morgan fingerprint density at radius 2 is 2.10 bits per heavy atom. The Kier molecular flexibility index (Phi) is 4.63. The van der Waals surface area contributed by atoms with Crippen LogP contribution in [0.5, 0.6) is 0 Å². The van der Waals surface area contributed by atoms with E-state index in [4.69, 9.17) is 4.42 Å². The van der Waals surface area contributed by atoms with Gasteiger partial charge in [0.25, 0.3) is 0 Å². The van der Waals surface area contributed by atoms with Crippen molar-refractivity contribution >= 4 is 5.95 Å². The molecule has 0 saturated carbocycles. The summed E-state index contributed by atoms with van der Waals surface area (Å²) in [4.78, 5) is 11.0. The van der Waals surface area contributed by atoms with E-state index in [-0.39, 0.29) is 5.54 Å². The molecule has 21 heavy (non-hydrogen) atoms. The molecule has 2 heterocycles. The molecule has 0 aliphatic rings. The summed E-state index contributed by atoms with van der Waals surface area (Å²) in [7, 11) is 1.96. The number of nitrogens with zero attached hydrogens (tertiary/aromatic N) is 3. The normalized spacial score (nSPS) is 11.7. The summed E-state index contributed by atoms with van der Waals surface area (Å²) in [6, 6.07) is 3.83. The van der Waals surface area contributed by atoms with Gasteiger partial charge < -0.3 is 14.6 Å². The van der Waals surface area contributed by atoms with Gasteiger partial charge in [0, 0.05) is 36.6 Å². The highest BCUT2D eigenvalue weighted by Gasteiger charge is 2.12. The van der Waals surface area contributed by atoms with Crippen LogP contribution in [0.25, 0.3) is 0 Å². The minimum absolute atomic E-state index is 0.0845. The highest BCUT2D eigenvalue weighted by Crippen LogP contribution is 2.14. The molecular weight excluding hydrogens is 264 g/mol. The van der Waals surface area contributed by atoms with Crippen molar-refractivity contribution in [1.82, 2.24) is 15.3 Å². The number of rotatable bonds is 5. The van der Waals surface area contributed by atoms with Crippen LogP contribution in [0.3, 0.4) is 0 Å². The maximum absolute atomic E-state index is 5.35. The van der Waals surface area contributed by atoms with Crippen LogP contribution in [-0.2, 0) is 13.1 Å². The first-order valence-corrected chi connectivity index (χ1v) is 7.16. The minimum Gasteiger partial charge on any atom is -0.467 e. The summed E-state index contributed by atoms with van der Waals surface area (Å²) in [5.74, 6) is 1.61. The average Bonchev–Trinajstić information content (AvgIpc) is 2.89. The Bertz CT molecular complexity index is 572. The average molecular weight is 288 g/mol. The highest BCUT2D eigenvalue weighted by molar-refractivity contribution is 5.32. The minimum atomic E-state index is 0.0845. The molecule has 114 valence electrons. The fourth-order valence-corrected chi connectivity index (χ4v) is 1.90. The molecule has 0 saturated heterocycles. The summed E-state index contributed by atoms with van der Waals surface area (Å²) in [5.41, 5.74) is 2.21. The molecule has 5 nitrogen and oxygen atoms in total. The molecule has 0 aromatic carbocycles. The van der Waals surface area contributed by atoms with Crippen LogP contribution in [-0.4, -0.2) is 22.6 Å². The second-order valence-corrected chi connectivity index (χ2v) is 6.32. The quantitative estimate of drug-likeness (QED) is 0.917. The van der Waals surface area contributed by atoms with Gasteiger partial charge in [0.2, 0.25) is 5.95 Å². The van der Waals surface area contributed by atoms with Gasteiger partial charge in [0.05, 0.1) is 12.8 Å². The number of aromatic nitrogens is 2. The monoisotopic (exact) mass is 288 g/mol. The lowest BCUT2D eigenvalue weighted by Gasteiger charge is -2.21. The van der Waals surface area contributed by atoms with Crippen LogP contribution in [0.4, 0.5) is 5.95 Å². The van der Waals surface area contributed by atoms with E-state index in [9.17, 15) is 0 Å². The van der Waals surface area contributed by atoms with E-state index in [2.05, 4.69) is 36.1 Å². The molecule has 0 unspecified atom stereocenters. The van der Waals surface area contributed by atoms with Gasteiger partial charge in [-0.2, -0.15) is 0 Å². The van der Waals surface area contributed by atoms with E-state index in [0.717, 1.165) is 23.6 Å². The van der Waals surface area contributed by atoms with Crippen molar-refractivity contribution in [2.45, 2.75) is 46.3 Å². The third-order valence-corrected chi connectivity index (χ3v) is 3.19. The number of hydrogen-bond acceptors (Lipinski definition) is 5. The summed E-state index contributed by atoms with van der Waals surface area (Å²) < 4.78 is 5.35. The van der Waals surface area contributed by atoms with Gasteiger partial charge >= 0.3 is 0 Å². The molecule has 2 aromatic rings. The number of aryl methyl sites for hydroxylation is 1. The SMILES string of the molecule is Cc1nc(N(C)Cc2ccco2)ncc1CNC(C)(C)C. The van der Waals surface area contributed by atoms with E-state index >= 15 is 0 Å². The standard InChI is InChI=1S/C16H24N4O/c1-12-13(10-18-16(2,3)4)9-17-15(19-12)20(5)11-14-7-6-8-21-14/h6-9,18H,10-11H2,1-5H3. The molecule has 0 atom stereocenters. The summed E-state index contributed by atoms with van der Waals surface area (Å²) >= 11 is 0. The van der Waals surface area contributed by atoms with Crippen molar-refractivity contribution < 1.29 is 4.42 Å². The van der Waals surface area contributed by atoms with Gasteiger partial charge in [-0.1, -0.05) is 0 Å². The molecule has 0 aliphatic carbocycles. The maximum atomic E-state index is 5.35. The Hall–Kier alpha value is -1.88. The van der Waals surface area contributed by atoms with Crippen molar-refractivity contribution in [2.75, 3.05) is 11.9 Å². The van der Waals surface area contributed by atoms with Gasteiger partial charge in [-0.3, -0.25) is 0 Å². The van der Waals surface area contributed by atoms with Crippen LogP contribution in [0.1, 0.15) is 37.8 Å². The van der Waals surface area contributed by atoms with Crippen molar-refractivity contribution in [3.63, 3.8) is 0 Å². The molecule has 1 N–H and O–H groups in total. The van der Waals surface area contributed by atoms with Gasteiger partial charge in [-0.15, -0.1) is 0 Å². The molecule has 0 radical (unpaired) electrons. The van der Waals surface area contributed by atoms with Crippen LogP contribution < -0.4 is 10.2 Å². The Morgan fingerprint density at radius 3 is 2.67 bits per heavy atom. The summed E-state index contributed by atoms with van der Waals surface area (Å²) in [5, 5.41) is 3.46. The first-order valence-electron chi connectivity index (χ1n) is 7.16. The van der Waals surface area contributed by atoms with Crippen LogP contribution in [0.15, 0.2) is 29.0 Å². The zero-order chi connectivity index (χ0) is 15.5. The topological polar surface area (TPSA) is 54.2 Å². The van der Waals surface area contributed by atoms with Gasteiger partial charge in [0.15, 0.2) is 0 Å². The fourth-order valence-electron chi connectivity index (χ4n) is 1.90. The van der Waals surface area contributed by atoms with Gasteiger partial charge in [-0.25, -0.2) is 9.97 Å². The Morgan fingerprint density at radius 1 is 1.33 bits per heavy atom. The van der Waals surface area contributed by atoms with Crippen LogP contribution >= 0.6 is 0 Å². The van der Waals surface area contributed by atoms with Gasteiger partial charge in [-0.05, 0) is 39.8 Å². The molecule has 0 fully saturated rings. The molecule has 0 spiro atoms. The number of furan rings is 1. The zero-order valence-electron chi connectivity index (χ0n) is 13.5. The smallest absolute Gasteiger partial charge is 0.225 e. The summed E-state index contributed by atoms with van der Waals surface area (Å²) in [6.07, 6.45) is 3.57. The fraction of sp³-hybridized carbons (Fsp3) is 0.500. The van der Waals surface area contributed by atoms with Crippen molar-refractivity contribution in [2.24, 2.45) is 0 Å². The first kappa shape index (κ1) is 15.5. The zero-order valence-corrected chi connectivity index (χ0v) is 13.5. The second-order valence-electron chi connectivity index (χ2n) is 6.32. The highest BCUT2D eigenvalue weighted by atomic mass is 16.3. The second kappa shape index (κ2) is 6.26. The molecule has 5 heteroatoms. The maximum Gasteiger partial charge on any atom is 0.225 e. The van der Waals surface area contributed by atoms with E-state index in [1.54, 1.807) is 6.26 Å². The number of nitrogens with one attached hydrogen (secondary N) is 1. The third-order valence-electron chi connectivity index (χ3n) is 3.19. The van der Waals surface area contributed by atoms with Crippen molar-refractivity contribution in [3.05, 3.63) is 41.6 Å². The van der Waals surface area contributed by atoms with E-state index in [1.165, 1.54) is 0 Å². The lowest BCUT2D eigenvalue weighted by Crippen LogP contribution is -2.35. The van der Waals surface area contributed by atoms with Crippen LogP contribution in [0, 0.1) is 6.92 Å². The van der Waals surface area contributed by atoms with Crippen molar-refractivity contribution in [1.29, 1.82) is 0 Å². The van der Waals surface area contributed by atoms with Crippen LogP contribution in [0.2, 0.25) is 0 Å². The molecule has 0 bridgehead atoms. The Labute approximate surface area is 126 Å². The molecule has 2 rings (SSSR count). The molecular formula is C16H24N4O. The predicted molar refractivity (Wildman–Crippen MR) is 84.2 cm³/mol. The summed E-state index contributed by atoms with van der Waals surface area (Å²) in [6.45, 7) is 9.90. The largest absolute Gasteiger partial charge is 0.467 e. The van der Waals surface area contributed by atoms with Crippen molar-refractivity contribution in [3.8, 4) is 0 Å². The first-order chi connectivity index (χ1) is 9.85. The molecule has 2 aromatic heterocycles. The molecule has 0 amide bonds. The predicted octanol–water partition coefficient (Wildman–Crippen LogP) is 2.90. The lowest BCUT2D eigenvalue weighted by atomic mass is 10.1. The number of hydrogen-bond donors (Lipinski definition) is 1. The molecule has 0 aliphatic heterocycles. The van der Waals surface area contributed by atoms with Gasteiger partial charge in [0.1, 0.15) is 5.76 Å². The van der Waals surface area contributed by atoms with E-state index in [0.29, 0.717) is 12.5 Å². The number of anilines is 1. The Balaban J connectivity index is 2.04.